The Morgan fingerprint density at radius 1 is 1.47 bits per heavy atom. The van der Waals surface area contributed by atoms with E-state index in [4.69, 9.17) is 0 Å². The first-order valence-corrected chi connectivity index (χ1v) is 7.12. The molecule has 2 rings (SSSR count). The van der Waals surface area contributed by atoms with Crippen molar-refractivity contribution in [3.63, 3.8) is 0 Å². The number of carbonyl (C=O) groups excluding carboxylic acids is 1. The molecule has 3 heteroatoms. The smallest absolute Gasteiger partial charge is 0.241 e. The van der Waals surface area contributed by atoms with Crippen LogP contribution in [0.25, 0.3) is 0 Å². The van der Waals surface area contributed by atoms with Gasteiger partial charge in [0.05, 0.1) is 12.2 Å². The second-order valence-corrected chi connectivity index (χ2v) is 6.18. The summed E-state index contributed by atoms with van der Waals surface area (Å²) in [7, 11) is 0. The number of amides is 1. The van der Waals surface area contributed by atoms with E-state index in [9.17, 15) is 4.79 Å². The maximum atomic E-state index is 12.4. The van der Waals surface area contributed by atoms with Crippen molar-refractivity contribution in [2.45, 2.75) is 71.6 Å². The van der Waals surface area contributed by atoms with E-state index >= 15 is 0 Å². The molecule has 2 aliphatic rings. The summed E-state index contributed by atoms with van der Waals surface area (Å²) in [5.74, 6) is 1.69. The Labute approximate surface area is 105 Å². The molecule has 1 amide bonds. The first-order valence-electron chi connectivity index (χ1n) is 7.12. The predicted octanol–water partition coefficient (Wildman–Crippen LogP) is 2.37. The van der Waals surface area contributed by atoms with Crippen LogP contribution in [0.3, 0.4) is 0 Å². The SMILES string of the molecule is CCCC1NC(CC(C)C)N(C2CC2C)C1=O. The molecule has 17 heavy (non-hydrogen) atoms. The molecule has 0 spiro atoms. The molecule has 1 aliphatic carbocycles. The minimum Gasteiger partial charge on any atom is -0.323 e. The molecule has 0 aromatic rings. The Bertz CT molecular complexity index is 290. The van der Waals surface area contributed by atoms with Crippen LogP contribution >= 0.6 is 0 Å². The van der Waals surface area contributed by atoms with Gasteiger partial charge in [0.25, 0.3) is 0 Å². The summed E-state index contributed by atoms with van der Waals surface area (Å²) in [6.45, 7) is 8.86. The van der Waals surface area contributed by atoms with Gasteiger partial charge in [0.2, 0.25) is 5.91 Å². The van der Waals surface area contributed by atoms with Gasteiger partial charge in [-0.25, -0.2) is 0 Å². The van der Waals surface area contributed by atoms with Gasteiger partial charge in [-0.1, -0.05) is 34.1 Å². The van der Waals surface area contributed by atoms with Gasteiger partial charge in [-0.05, 0) is 31.1 Å². The minimum absolute atomic E-state index is 0.0801. The van der Waals surface area contributed by atoms with E-state index < -0.39 is 0 Å². The summed E-state index contributed by atoms with van der Waals surface area (Å²) in [6, 6.07) is 0.595. The maximum Gasteiger partial charge on any atom is 0.241 e. The molecule has 1 saturated carbocycles. The number of carbonyl (C=O) groups is 1. The summed E-state index contributed by atoms with van der Waals surface area (Å²) in [5.41, 5.74) is 0. The van der Waals surface area contributed by atoms with Crippen molar-refractivity contribution < 1.29 is 4.79 Å². The van der Waals surface area contributed by atoms with Crippen LogP contribution in [-0.2, 0) is 4.79 Å². The zero-order chi connectivity index (χ0) is 12.6. The van der Waals surface area contributed by atoms with Gasteiger partial charge >= 0.3 is 0 Å². The quantitative estimate of drug-likeness (QED) is 0.797. The van der Waals surface area contributed by atoms with E-state index in [-0.39, 0.29) is 12.2 Å². The summed E-state index contributed by atoms with van der Waals surface area (Å²) in [4.78, 5) is 14.5. The lowest BCUT2D eigenvalue weighted by molar-refractivity contribution is -0.131. The van der Waals surface area contributed by atoms with Crippen molar-refractivity contribution in [1.29, 1.82) is 0 Å². The van der Waals surface area contributed by atoms with Gasteiger partial charge in [-0.15, -0.1) is 0 Å². The maximum absolute atomic E-state index is 12.4. The Hall–Kier alpha value is -0.570. The fraction of sp³-hybridized carbons (Fsp3) is 0.929. The zero-order valence-corrected chi connectivity index (χ0v) is 11.6. The van der Waals surface area contributed by atoms with Crippen LogP contribution in [0.5, 0.6) is 0 Å². The summed E-state index contributed by atoms with van der Waals surface area (Å²) < 4.78 is 0. The summed E-state index contributed by atoms with van der Waals surface area (Å²) in [5, 5.41) is 3.54. The third-order valence-corrected chi connectivity index (χ3v) is 3.98. The highest BCUT2D eigenvalue weighted by Crippen LogP contribution is 2.39. The molecule has 0 bridgehead atoms. The Morgan fingerprint density at radius 3 is 2.59 bits per heavy atom. The number of hydrogen-bond acceptors (Lipinski definition) is 2. The standard InChI is InChI=1S/C14H26N2O/c1-5-6-11-14(17)16(12-8-10(12)4)13(15-11)7-9(2)3/h9-13,15H,5-8H2,1-4H3. The lowest BCUT2D eigenvalue weighted by Gasteiger charge is -2.25. The number of nitrogens with zero attached hydrogens (tertiary/aromatic N) is 1. The fourth-order valence-corrected chi connectivity index (χ4v) is 2.93. The second-order valence-electron chi connectivity index (χ2n) is 6.18. The molecule has 1 saturated heterocycles. The fourth-order valence-electron chi connectivity index (χ4n) is 2.93. The number of rotatable bonds is 5. The van der Waals surface area contributed by atoms with Crippen LogP contribution in [0.1, 0.15) is 53.4 Å². The van der Waals surface area contributed by atoms with Crippen LogP contribution in [-0.4, -0.2) is 29.1 Å². The predicted molar refractivity (Wildman–Crippen MR) is 69.5 cm³/mol. The van der Waals surface area contributed by atoms with Crippen molar-refractivity contribution in [3.8, 4) is 0 Å². The van der Waals surface area contributed by atoms with E-state index in [1.54, 1.807) is 0 Å². The molecule has 0 aromatic carbocycles. The summed E-state index contributed by atoms with van der Waals surface area (Å²) >= 11 is 0. The van der Waals surface area contributed by atoms with Crippen LogP contribution in [0.15, 0.2) is 0 Å². The van der Waals surface area contributed by atoms with Crippen molar-refractivity contribution in [2.24, 2.45) is 11.8 Å². The van der Waals surface area contributed by atoms with E-state index in [1.807, 2.05) is 0 Å². The Balaban J connectivity index is 2.05. The van der Waals surface area contributed by atoms with Gasteiger partial charge in [-0.2, -0.15) is 0 Å². The normalized spacial score (nSPS) is 37.0. The third-order valence-electron chi connectivity index (χ3n) is 3.98. The number of hydrogen-bond donors (Lipinski definition) is 1. The molecule has 0 radical (unpaired) electrons. The first kappa shape index (κ1) is 12.9. The van der Waals surface area contributed by atoms with Gasteiger partial charge in [0.15, 0.2) is 0 Å². The van der Waals surface area contributed by atoms with E-state index in [0.29, 0.717) is 23.8 Å². The molecule has 4 atom stereocenters. The highest BCUT2D eigenvalue weighted by atomic mass is 16.2. The first-order chi connectivity index (χ1) is 8.04. The van der Waals surface area contributed by atoms with Gasteiger partial charge in [-0.3, -0.25) is 10.1 Å². The molecular formula is C14H26N2O. The Kier molecular flexibility index (Phi) is 3.76. The van der Waals surface area contributed by atoms with Gasteiger partial charge in [0.1, 0.15) is 0 Å². The molecule has 98 valence electrons. The van der Waals surface area contributed by atoms with Crippen molar-refractivity contribution in [1.82, 2.24) is 10.2 Å². The van der Waals surface area contributed by atoms with Gasteiger partial charge < -0.3 is 4.90 Å². The highest BCUT2D eigenvalue weighted by Gasteiger charge is 2.49. The van der Waals surface area contributed by atoms with Gasteiger partial charge in [0, 0.05) is 6.04 Å². The van der Waals surface area contributed by atoms with Crippen molar-refractivity contribution in [3.05, 3.63) is 0 Å². The minimum atomic E-state index is 0.0801. The molecule has 3 nitrogen and oxygen atoms in total. The van der Waals surface area contributed by atoms with Crippen molar-refractivity contribution >= 4 is 5.91 Å². The third kappa shape index (κ3) is 2.65. The Morgan fingerprint density at radius 2 is 2.12 bits per heavy atom. The molecule has 1 N–H and O–H groups in total. The molecule has 4 unspecified atom stereocenters. The van der Waals surface area contributed by atoms with Crippen molar-refractivity contribution in [2.75, 3.05) is 0 Å². The van der Waals surface area contributed by atoms with Crippen LogP contribution in [0, 0.1) is 11.8 Å². The monoisotopic (exact) mass is 238 g/mol. The lowest BCUT2D eigenvalue weighted by atomic mass is 10.1. The molecular weight excluding hydrogens is 212 g/mol. The largest absolute Gasteiger partial charge is 0.323 e. The second kappa shape index (κ2) is 4.97. The zero-order valence-electron chi connectivity index (χ0n) is 11.6. The van der Waals surface area contributed by atoms with E-state index in [2.05, 4.69) is 37.9 Å². The van der Waals surface area contributed by atoms with Crippen LogP contribution in [0.4, 0.5) is 0 Å². The average Bonchev–Trinajstić information content (AvgIpc) is 2.86. The molecule has 1 aliphatic heterocycles. The lowest BCUT2D eigenvalue weighted by Crippen LogP contribution is -2.40. The average molecular weight is 238 g/mol. The highest BCUT2D eigenvalue weighted by molar-refractivity contribution is 5.85. The molecule has 0 aromatic heterocycles. The molecule has 2 fully saturated rings. The van der Waals surface area contributed by atoms with E-state index in [0.717, 1.165) is 19.3 Å². The molecule has 1 heterocycles. The van der Waals surface area contributed by atoms with Crippen LogP contribution < -0.4 is 5.32 Å². The topological polar surface area (TPSA) is 32.3 Å². The summed E-state index contributed by atoms with van der Waals surface area (Å²) in [6.07, 6.45) is 4.61. The van der Waals surface area contributed by atoms with E-state index in [1.165, 1.54) is 6.42 Å². The number of nitrogens with one attached hydrogen (secondary N) is 1. The van der Waals surface area contributed by atoms with Crippen LogP contribution in [0.2, 0.25) is 0 Å².